The van der Waals surface area contributed by atoms with Gasteiger partial charge in [-0.05, 0) is 31.7 Å². The summed E-state index contributed by atoms with van der Waals surface area (Å²) in [6, 6.07) is 0. The van der Waals surface area contributed by atoms with E-state index in [1.165, 1.54) is 51.4 Å². The summed E-state index contributed by atoms with van der Waals surface area (Å²) in [5.41, 5.74) is 0. The normalized spacial score (nSPS) is 11.2. The minimum Gasteiger partial charge on any atom is -0.466 e. The number of aliphatic hydroxyl groups is 1. The topological polar surface area (TPSA) is 58.6 Å². The van der Waals surface area contributed by atoms with Crippen LogP contribution in [0.5, 0.6) is 0 Å². The minimum absolute atomic E-state index is 0.0263. The van der Waals surface area contributed by atoms with Crippen LogP contribution in [0.3, 0.4) is 0 Å². The van der Waals surface area contributed by atoms with Crippen molar-refractivity contribution in [1.82, 2.24) is 5.32 Å². The fraction of sp³-hybridized carbons (Fsp3) is 0.952. The Kier molecular flexibility index (Phi) is 19.2. The smallest absolute Gasteiger partial charge is 0.305 e. The number of unbranched alkanes of at least 4 members (excludes halogenated alkanes) is 9. The first-order chi connectivity index (χ1) is 12.2. The summed E-state index contributed by atoms with van der Waals surface area (Å²) < 4.78 is 5.30. The number of ether oxygens (including phenoxy) is 1. The fourth-order valence-corrected chi connectivity index (χ4v) is 2.87. The summed E-state index contributed by atoms with van der Waals surface area (Å²) in [6.07, 6.45) is 14.9. The van der Waals surface area contributed by atoms with Crippen molar-refractivity contribution in [3.05, 3.63) is 0 Å². The van der Waals surface area contributed by atoms with E-state index in [4.69, 9.17) is 9.84 Å². The summed E-state index contributed by atoms with van der Waals surface area (Å²) >= 11 is 0. The largest absolute Gasteiger partial charge is 0.466 e. The first-order valence-corrected chi connectivity index (χ1v) is 10.6. The number of nitrogens with one attached hydrogen (secondary N) is 1. The van der Waals surface area contributed by atoms with Gasteiger partial charge in [-0.3, -0.25) is 4.79 Å². The third kappa shape index (κ3) is 21.3. The lowest BCUT2D eigenvalue weighted by atomic mass is 10.0. The van der Waals surface area contributed by atoms with Gasteiger partial charge in [-0.15, -0.1) is 0 Å². The van der Waals surface area contributed by atoms with Gasteiger partial charge in [0, 0.05) is 13.0 Å². The highest BCUT2D eigenvalue weighted by Gasteiger charge is 2.02. The van der Waals surface area contributed by atoms with E-state index in [2.05, 4.69) is 19.2 Å². The maximum Gasteiger partial charge on any atom is 0.305 e. The lowest BCUT2D eigenvalue weighted by Crippen LogP contribution is -2.19. The van der Waals surface area contributed by atoms with Crippen molar-refractivity contribution >= 4 is 5.97 Å². The van der Waals surface area contributed by atoms with Crippen LogP contribution in [-0.2, 0) is 9.53 Å². The van der Waals surface area contributed by atoms with Gasteiger partial charge in [-0.2, -0.15) is 0 Å². The molecule has 0 aromatic heterocycles. The highest BCUT2D eigenvalue weighted by molar-refractivity contribution is 5.69. The second kappa shape index (κ2) is 19.7. The number of aliphatic hydroxyl groups excluding tert-OH is 1. The van der Waals surface area contributed by atoms with E-state index >= 15 is 0 Å². The first kappa shape index (κ1) is 24.4. The van der Waals surface area contributed by atoms with Gasteiger partial charge < -0.3 is 15.2 Å². The van der Waals surface area contributed by atoms with E-state index in [1.54, 1.807) is 0 Å². The fourth-order valence-electron chi connectivity index (χ4n) is 2.87. The first-order valence-electron chi connectivity index (χ1n) is 10.6. The molecule has 0 unspecified atom stereocenters. The molecule has 0 amide bonds. The Balaban J connectivity index is 3.16. The van der Waals surface area contributed by atoms with E-state index in [0.717, 1.165) is 38.1 Å². The third-order valence-electron chi connectivity index (χ3n) is 4.46. The lowest BCUT2D eigenvalue weighted by Gasteiger charge is -2.06. The van der Waals surface area contributed by atoms with Crippen molar-refractivity contribution in [2.45, 2.75) is 97.3 Å². The van der Waals surface area contributed by atoms with Crippen LogP contribution in [0.15, 0.2) is 0 Å². The van der Waals surface area contributed by atoms with Gasteiger partial charge in [-0.1, -0.05) is 71.6 Å². The molecule has 0 atom stereocenters. The Morgan fingerprint density at radius 1 is 0.840 bits per heavy atom. The summed E-state index contributed by atoms with van der Waals surface area (Å²) in [5, 5.41) is 11.8. The second-order valence-electron chi connectivity index (χ2n) is 7.52. The monoisotopic (exact) mass is 357 g/mol. The van der Waals surface area contributed by atoms with Crippen molar-refractivity contribution in [3.63, 3.8) is 0 Å². The van der Waals surface area contributed by atoms with Crippen LogP contribution in [0.1, 0.15) is 97.3 Å². The Hall–Kier alpha value is -0.610. The van der Waals surface area contributed by atoms with Crippen molar-refractivity contribution < 1.29 is 14.6 Å². The molecule has 0 aliphatic rings. The predicted molar refractivity (Wildman–Crippen MR) is 106 cm³/mol. The van der Waals surface area contributed by atoms with Crippen LogP contribution in [0.4, 0.5) is 0 Å². The molecule has 2 N–H and O–H groups in total. The van der Waals surface area contributed by atoms with Crippen molar-refractivity contribution in [3.8, 4) is 0 Å². The molecule has 0 spiro atoms. The van der Waals surface area contributed by atoms with Gasteiger partial charge in [-0.25, -0.2) is 0 Å². The molecule has 0 heterocycles. The average Bonchev–Trinajstić information content (AvgIpc) is 2.58. The zero-order chi connectivity index (χ0) is 18.6. The van der Waals surface area contributed by atoms with Gasteiger partial charge in [0.1, 0.15) is 0 Å². The number of rotatable bonds is 19. The number of hydrogen-bond donors (Lipinski definition) is 2. The Morgan fingerprint density at radius 2 is 1.44 bits per heavy atom. The van der Waals surface area contributed by atoms with E-state index in [9.17, 15) is 4.79 Å². The molecule has 0 aliphatic heterocycles. The Bertz CT molecular complexity index is 282. The molecule has 0 saturated carbocycles. The molecule has 0 aliphatic carbocycles. The zero-order valence-electron chi connectivity index (χ0n) is 16.9. The van der Waals surface area contributed by atoms with Gasteiger partial charge in [0.05, 0.1) is 13.2 Å². The molecule has 0 aromatic carbocycles. The van der Waals surface area contributed by atoms with Gasteiger partial charge in [0.25, 0.3) is 0 Å². The highest BCUT2D eigenvalue weighted by atomic mass is 16.5. The lowest BCUT2D eigenvalue weighted by molar-refractivity contribution is -0.143. The summed E-state index contributed by atoms with van der Waals surface area (Å²) in [5.74, 6) is 0.801. The van der Waals surface area contributed by atoms with E-state index in [1.807, 2.05) is 0 Å². The summed E-state index contributed by atoms with van der Waals surface area (Å²) in [6.45, 7) is 7.03. The molecule has 25 heavy (non-hydrogen) atoms. The molecule has 150 valence electrons. The summed E-state index contributed by atoms with van der Waals surface area (Å²) in [7, 11) is 0. The molecule has 0 aromatic rings. The van der Waals surface area contributed by atoms with Crippen LogP contribution >= 0.6 is 0 Å². The maximum atomic E-state index is 11.6. The molecule has 4 nitrogen and oxygen atoms in total. The van der Waals surface area contributed by atoms with Gasteiger partial charge in [0.2, 0.25) is 0 Å². The number of carbonyl (C=O) groups excluding carboxylic acids is 1. The van der Waals surface area contributed by atoms with Crippen molar-refractivity contribution in [1.29, 1.82) is 0 Å². The molecule has 0 bridgehead atoms. The average molecular weight is 358 g/mol. The van der Waals surface area contributed by atoms with Crippen LogP contribution in [0, 0.1) is 5.92 Å². The standard InChI is InChI=1S/C21H43NO3/c1-20(2)14-10-6-3-4-9-13-19-25-21(24)15-11-7-5-8-12-16-22-17-18-23/h20,22-23H,3-19H2,1-2H3. The molecular formula is C21H43NO3. The predicted octanol–water partition coefficient (Wildman–Crippen LogP) is 4.84. The quantitative estimate of drug-likeness (QED) is 0.256. The molecule has 0 fully saturated rings. The van der Waals surface area contributed by atoms with E-state index in [0.29, 0.717) is 19.6 Å². The molecule has 0 saturated heterocycles. The van der Waals surface area contributed by atoms with Crippen molar-refractivity contribution in [2.24, 2.45) is 5.92 Å². The molecule has 0 radical (unpaired) electrons. The Morgan fingerprint density at radius 3 is 2.12 bits per heavy atom. The van der Waals surface area contributed by atoms with Gasteiger partial charge >= 0.3 is 5.97 Å². The van der Waals surface area contributed by atoms with E-state index in [-0.39, 0.29) is 12.6 Å². The third-order valence-corrected chi connectivity index (χ3v) is 4.46. The van der Waals surface area contributed by atoms with Crippen LogP contribution in [-0.4, -0.2) is 37.4 Å². The van der Waals surface area contributed by atoms with Crippen LogP contribution in [0.25, 0.3) is 0 Å². The molecular weight excluding hydrogens is 314 g/mol. The zero-order valence-corrected chi connectivity index (χ0v) is 16.9. The minimum atomic E-state index is -0.0263. The number of hydrogen-bond acceptors (Lipinski definition) is 4. The van der Waals surface area contributed by atoms with Crippen molar-refractivity contribution in [2.75, 3.05) is 26.3 Å². The van der Waals surface area contributed by atoms with E-state index < -0.39 is 0 Å². The van der Waals surface area contributed by atoms with Gasteiger partial charge in [0.15, 0.2) is 0 Å². The molecule has 0 rings (SSSR count). The SMILES string of the molecule is CC(C)CCCCCCCCOC(=O)CCCCCCCNCCO. The summed E-state index contributed by atoms with van der Waals surface area (Å²) in [4.78, 5) is 11.6. The number of esters is 1. The van der Waals surface area contributed by atoms with Crippen LogP contribution < -0.4 is 5.32 Å². The highest BCUT2D eigenvalue weighted by Crippen LogP contribution is 2.11. The molecule has 4 heteroatoms. The Labute approximate surface area is 156 Å². The second-order valence-corrected chi connectivity index (χ2v) is 7.52. The number of carbonyl (C=O) groups is 1. The van der Waals surface area contributed by atoms with Crippen LogP contribution in [0.2, 0.25) is 0 Å². The maximum absolute atomic E-state index is 11.6.